The standard InChI is InChI=1S/C26H35N3O3/c1-2-13-29(24-9-6-14-27(19-24)18-21-7-4-3-5-8-21)26(31)22-10-15-28(16-11-22)25(30)23-12-17-32-20-23/h3-5,7-8,12,17,20,22,24H,2,6,9-11,13-16,18-19H2,1H3/t24-/m1/s1. The molecule has 4 rings (SSSR count). The number of carbonyl (C=O) groups is 2. The van der Waals surface area contributed by atoms with Crippen LogP contribution in [0.4, 0.5) is 0 Å². The monoisotopic (exact) mass is 437 g/mol. The van der Waals surface area contributed by atoms with Crippen LogP contribution >= 0.6 is 0 Å². The van der Waals surface area contributed by atoms with E-state index in [-0.39, 0.29) is 23.8 Å². The van der Waals surface area contributed by atoms with Gasteiger partial charge in [-0.05, 0) is 50.3 Å². The van der Waals surface area contributed by atoms with Gasteiger partial charge in [0.25, 0.3) is 5.91 Å². The summed E-state index contributed by atoms with van der Waals surface area (Å²) in [6, 6.07) is 12.6. The molecule has 1 aromatic carbocycles. The average Bonchev–Trinajstić information content (AvgIpc) is 3.38. The Morgan fingerprint density at radius 3 is 2.53 bits per heavy atom. The molecule has 2 amide bonds. The van der Waals surface area contributed by atoms with Crippen molar-refractivity contribution in [3.63, 3.8) is 0 Å². The Kier molecular flexibility index (Phi) is 7.63. The van der Waals surface area contributed by atoms with E-state index in [0.29, 0.717) is 18.7 Å². The summed E-state index contributed by atoms with van der Waals surface area (Å²) in [5, 5.41) is 0. The topological polar surface area (TPSA) is 57.0 Å². The first kappa shape index (κ1) is 22.6. The lowest BCUT2D eigenvalue weighted by atomic mass is 9.93. The summed E-state index contributed by atoms with van der Waals surface area (Å²) in [5.41, 5.74) is 1.92. The molecule has 32 heavy (non-hydrogen) atoms. The Morgan fingerprint density at radius 1 is 1.06 bits per heavy atom. The van der Waals surface area contributed by atoms with Gasteiger partial charge in [0.1, 0.15) is 6.26 Å². The van der Waals surface area contributed by atoms with Crippen molar-refractivity contribution >= 4 is 11.8 Å². The fourth-order valence-electron chi connectivity index (χ4n) is 5.12. The molecule has 0 spiro atoms. The molecule has 2 fully saturated rings. The molecule has 2 aliphatic rings. The van der Waals surface area contributed by atoms with E-state index in [9.17, 15) is 9.59 Å². The maximum atomic E-state index is 13.5. The van der Waals surface area contributed by atoms with E-state index in [0.717, 1.165) is 58.3 Å². The number of benzene rings is 1. The number of hydrogen-bond acceptors (Lipinski definition) is 4. The van der Waals surface area contributed by atoms with Crippen LogP contribution in [0.2, 0.25) is 0 Å². The number of likely N-dealkylation sites (tertiary alicyclic amines) is 2. The van der Waals surface area contributed by atoms with Crippen LogP contribution in [0, 0.1) is 5.92 Å². The highest BCUT2D eigenvalue weighted by Gasteiger charge is 2.34. The second-order valence-corrected chi connectivity index (χ2v) is 9.13. The van der Waals surface area contributed by atoms with E-state index in [1.54, 1.807) is 6.07 Å². The SMILES string of the molecule is CCCN(C(=O)C1CCN(C(=O)c2ccoc2)CC1)[C@@H]1CCCN(Cc2ccccc2)C1. The first-order valence-corrected chi connectivity index (χ1v) is 12.0. The minimum absolute atomic E-state index is 0.00102. The van der Waals surface area contributed by atoms with Gasteiger partial charge in [0.2, 0.25) is 5.91 Å². The maximum Gasteiger partial charge on any atom is 0.257 e. The third kappa shape index (κ3) is 5.41. The quantitative estimate of drug-likeness (QED) is 0.656. The predicted molar refractivity (Wildman–Crippen MR) is 124 cm³/mol. The Bertz CT molecular complexity index is 860. The highest BCUT2D eigenvalue weighted by atomic mass is 16.3. The zero-order valence-corrected chi connectivity index (χ0v) is 19.1. The lowest BCUT2D eigenvalue weighted by Gasteiger charge is -2.42. The number of piperidine rings is 2. The van der Waals surface area contributed by atoms with Crippen molar-refractivity contribution < 1.29 is 14.0 Å². The van der Waals surface area contributed by atoms with Crippen molar-refractivity contribution in [2.24, 2.45) is 5.92 Å². The van der Waals surface area contributed by atoms with E-state index >= 15 is 0 Å². The van der Waals surface area contributed by atoms with E-state index in [1.165, 1.54) is 18.1 Å². The molecule has 0 unspecified atom stereocenters. The second-order valence-electron chi connectivity index (χ2n) is 9.13. The van der Waals surface area contributed by atoms with Crippen molar-refractivity contribution in [2.75, 3.05) is 32.7 Å². The van der Waals surface area contributed by atoms with Crippen LogP contribution in [0.5, 0.6) is 0 Å². The normalized spacial score (nSPS) is 20.3. The van der Waals surface area contributed by atoms with Crippen molar-refractivity contribution in [1.82, 2.24) is 14.7 Å². The van der Waals surface area contributed by atoms with Crippen LogP contribution in [0.25, 0.3) is 0 Å². The lowest BCUT2D eigenvalue weighted by Crippen LogP contribution is -2.53. The summed E-state index contributed by atoms with van der Waals surface area (Å²) in [6.45, 7) is 7.21. The molecule has 1 atom stereocenters. The van der Waals surface area contributed by atoms with Crippen molar-refractivity contribution in [3.05, 3.63) is 60.1 Å². The van der Waals surface area contributed by atoms with Gasteiger partial charge in [0.05, 0.1) is 11.8 Å². The third-order valence-corrected chi connectivity index (χ3v) is 6.82. The highest BCUT2D eigenvalue weighted by Crippen LogP contribution is 2.25. The summed E-state index contributed by atoms with van der Waals surface area (Å²) in [6.07, 6.45) is 7.67. The molecule has 2 aromatic rings. The summed E-state index contributed by atoms with van der Waals surface area (Å²) < 4.78 is 5.05. The van der Waals surface area contributed by atoms with Gasteiger partial charge < -0.3 is 14.2 Å². The largest absolute Gasteiger partial charge is 0.472 e. The van der Waals surface area contributed by atoms with Crippen LogP contribution in [0.1, 0.15) is 54.9 Å². The van der Waals surface area contributed by atoms with Gasteiger partial charge in [0.15, 0.2) is 0 Å². The molecule has 0 N–H and O–H groups in total. The molecule has 1 aromatic heterocycles. The van der Waals surface area contributed by atoms with Gasteiger partial charge in [0, 0.05) is 44.7 Å². The van der Waals surface area contributed by atoms with E-state index in [4.69, 9.17) is 4.42 Å². The van der Waals surface area contributed by atoms with Crippen LogP contribution < -0.4 is 0 Å². The number of rotatable bonds is 7. The molecule has 3 heterocycles. The van der Waals surface area contributed by atoms with Crippen LogP contribution in [0.3, 0.4) is 0 Å². The smallest absolute Gasteiger partial charge is 0.257 e. The zero-order chi connectivity index (χ0) is 22.3. The molecule has 0 bridgehead atoms. The number of amides is 2. The summed E-state index contributed by atoms with van der Waals surface area (Å²) in [4.78, 5) is 32.6. The predicted octanol–water partition coefficient (Wildman–Crippen LogP) is 4.04. The zero-order valence-electron chi connectivity index (χ0n) is 19.1. The van der Waals surface area contributed by atoms with E-state index in [1.807, 2.05) is 4.90 Å². The minimum atomic E-state index is -0.00102. The van der Waals surface area contributed by atoms with Crippen LogP contribution in [0.15, 0.2) is 53.3 Å². The van der Waals surface area contributed by atoms with Gasteiger partial charge in [-0.15, -0.1) is 0 Å². The molecule has 0 aliphatic carbocycles. The van der Waals surface area contributed by atoms with Gasteiger partial charge in [-0.25, -0.2) is 0 Å². The molecule has 2 saturated heterocycles. The third-order valence-electron chi connectivity index (χ3n) is 6.82. The molecule has 6 nitrogen and oxygen atoms in total. The second kappa shape index (κ2) is 10.8. The lowest BCUT2D eigenvalue weighted by molar-refractivity contribution is -0.140. The molecule has 0 saturated carbocycles. The summed E-state index contributed by atoms with van der Waals surface area (Å²) >= 11 is 0. The average molecular weight is 438 g/mol. The van der Waals surface area contributed by atoms with Gasteiger partial charge in [-0.1, -0.05) is 37.3 Å². The molecule has 0 radical (unpaired) electrons. The molecular formula is C26H35N3O3. The van der Waals surface area contributed by atoms with Gasteiger partial charge in [-0.3, -0.25) is 14.5 Å². The van der Waals surface area contributed by atoms with Crippen molar-refractivity contribution in [1.29, 1.82) is 0 Å². The van der Waals surface area contributed by atoms with Crippen LogP contribution in [-0.2, 0) is 11.3 Å². The molecule has 2 aliphatic heterocycles. The number of nitrogens with zero attached hydrogens (tertiary/aromatic N) is 3. The fourth-order valence-corrected chi connectivity index (χ4v) is 5.12. The first-order valence-electron chi connectivity index (χ1n) is 12.0. The summed E-state index contributed by atoms with van der Waals surface area (Å²) in [5.74, 6) is 0.298. The fraction of sp³-hybridized carbons (Fsp3) is 0.538. The Labute approximate surface area is 191 Å². The molecule has 172 valence electrons. The Hall–Kier alpha value is -2.60. The number of furan rings is 1. The van der Waals surface area contributed by atoms with E-state index in [2.05, 4.69) is 47.1 Å². The number of carbonyl (C=O) groups excluding carboxylic acids is 2. The maximum absolute atomic E-state index is 13.5. The molecule has 6 heteroatoms. The Balaban J connectivity index is 1.34. The molecular weight excluding hydrogens is 402 g/mol. The van der Waals surface area contributed by atoms with Crippen molar-refractivity contribution in [3.8, 4) is 0 Å². The highest BCUT2D eigenvalue weighted by molar-refractivity contribution is 5.94. The number of hydrogen-bond donors (Lipinski definition) is 0. The summed E-state index contributed by atoms with van der Waals surface area (Å²) in [7, 11) is 0. The van der Waals surface area contributed by atoms with Gasteiger partial charge >= 0.3 is 0 Å². The van der Waals surface area contributed by atoms with Crippen molar-refractivity contribution in [2.45, 2.75) is 51.6 Å². The van der Waals surface area contributed by atoms with E-state index < -0.39 is 0 Å². The minimum Gasteiger partial charge on any atom is -0.472 e. The van der Waals surface area contributed by atoms with Gasteiger partial charge in [-0.2, -0.15) is 0 Å². The Morgan fingerprint density at radius 2 is 1.84 bits per heavy atom. The first-order chi connectivity index (χ1) is 15.7. The van der Waals surface area contributed by atoms with Crippen LogP contribution in [-0.4, -0.2) is 65.3 Å².